The van der Waals surface area contributed by atoms with Crippen LogP contribution in [0.15, 0.2) is 28.7 Å². The van der Waals surface area contributed by atoms with E-state index in [1.807, 2.05) is 0 Å². The summed E-state index contributed by atoms with van der Waals surface area (Å²) >= 11 is 3.25. The molecule has 0 aliphatic carbocycles. The van der Waals surface area contributed by atoms with E-state index in [2.05, 4.69) is 30.7 Å². The molecule has 1 aromatic rings. The summed E-state index contributed by atoms with van der Waals surface area (Å²) in [5.74, 6) is -1.80. The number of halogens is 1. The van der Waals surface area contributed by atoms with Crippen LogP contribution < -0.4 is 5.32 Å². The fourth-order valence-electron chi connectivity index (χ4n) is 1.43. The predicted octanol–water partition coefficient (Wildman–Crippen LogP) is 1.28. The molecular weight excluding hydrogens is 330 g/mol. The first-order valence-electron chi connectivity index (χ1n) is 5.69. The third kappa shape index (κ3) is 4.65. The zero-order valence-corrected chi connectivity index (χ0v) is 12.6. The quantitative estimate of drug-likeness (QED) is 0.814. The molecule has 6 nitrogen and oxygen atoms in total. The molecule has 1 unspecified atom stereocenters. The van der Waals surface area contributed by atoms with E-state index in [-0.39, 0.29) is 6.42 Å². The number of esters is 2. The Morgan fingerprint density at radius 1 is 1.15 bits per heavy atom. The SMILES string of the molecule is COC(=O)CC(NC(=O)c1ccc(Br)cc1)C(=O)OC. The third-order valence-corrected chi connectivity index (χ3v) is 3.02. The second-order valence-corrected chi connectivity index (χ2v) is 4.75. The van der Waals surface area contributed by atoms with Gasteiger partial charge in [-0.15, -0.1) is 0 Å². The zero-order chi connectivity index (χ0) is 15.1. The van der Waals surface area contributed by atoms with Gasteiger partial charge < -0.3 is 14.8 Å². The van der Waals surface area contributed by atoms with Gasteiger partial charge in [-0.2, -0.15) is 0 Å². The molecular formula is C13H14BrNO5. The van der Waals surface area contributed by atoms with Gasteiger partial charge in [0.2, 0.25) is 0 Å². The highest BCUT2D eigenvalue weighted by Gasteiger charge is 2.25. The molecule has 108 valence electrons. The molecule has 0 aromatic heterocycles. The number of hydrogen-bond donors (Lipinski definition) is 1. The highest BCUT2D eigenvalue weighted by molar-refractivity contribution is 9.10. The lowest BCUT2D eigenvalue weighted by molar-refractivity contribution is -0.149. The molecule has 0 saturated carbocycles. The van der Waals surface area contributed by atoms with Gasteiger partial charge in [-0.3, -0.25) is 9.59 Å². The van der Waals surface area contributed by atoms with Crippen molar-refractivity contribution in [1.29, 1.82) is 0 Å². The van der Waals surface area contributed by atoms with Gasteiger partial charge in [0.05, 0.1) is 20.6 Å². The molecule has 1 rings (SSSR count). The number of benzene rings is 1. The summed E-state index contributed by atoms with van der Waals surface area (Å²) in [6.45, 7) is 0. The molecule has 20 heavy (non-hydrogen) atoms. The minimum absolute atomic E-state index is 0.286. The van der Waals surface area contributed by atoms with Crippen molar-refractivity contribution in [3.8, 4) is 0 Å². The molecule has 1 amide bonds. The number of hydrogen-bond acceptors (Lipinski definition) is 5. The van der Waals surface area contributed by atoms with Crippen LogP contribution in [0.4, 0.5) is 0 Å². The summed E-state index contributed by atoms with van der Waals surface area (Å²) in [6, 6.07) is 5.49. The van der Waals surface area contributed by atoms with Crippen molar-refractivity contribution in [1.82, 2.24) is 5.32 Å². The Kier molecular flexibility index (Phi) is 6.17. The number of amides is 1. The van der Waals surface area contributed by atoms with E-state index in [1.54, 1.807) is 24.3 Å². The van der Waals surface area contributed by atoms with Gasteiger partial charge in [-0.1, -0.05) is 15.9 Å². The number of carbonyl (C=O) groups excluding carboxylic acids is 3. The van der Waals surface area contributed by atoms with E-state index < -0.39 is 23.9 Å². The first-order chi connectivity index (χ1) is 9.47. The van der Waals surface area contributed by atoms with Gasteiger partial charge in [0, 0.05) is 10.0 Å². The molecule has 1 atom stereocenters. The molecule has 7 heteroatoms. The summed E-state index contributed by atoms with van der Waals surface area (Å²) < 4.78 is 9.85. The Bertz CT molecular complexity index is 500. The summed E-state index contributed by atoms with van der Waals surface area (Å²) in [6.07, 6.45) is -0.286. The van der Waals surface area contributed by atoms with Crippen LogP contribution in [-0.4, -0.2) is 38.1 Å². The zero-order valence-electron chi connectivity index (χ0n) is 11.0. The minimum atomic E-state index is -1.08. The van der Waals surface area contributed by atoms with Crippen molar-refractivity contribution in [3.63, 3.8) is 0 Å². The summed E-state index contributed by atoms with van der Waals surface area (Å²) in [4.78, 5) is 34.7. The van der Waals surface area contributed by atoms with Crippen LogP contribution >= 0.6 is 15.9 Å². The van der Waals surface area contributed by atoms with Crippen molar-refractivity contribution in [2.24, 2.45) is 0 Å². The highest BCUT2D eigenvalue weighted by atomic mass is 79.9. The average molecular weight is 344 g/mol. The Morgan fingerprint density at radius 2 is 1.75 bits per heavy atom. The third-order valence-electron chi connectivity index (χ3n) is 2.50. The molecule has 0 aliphatic heterocycles. The molecule has 0 radical (unpaired) electrons. The standard InChI is InChI=1S/C13H14BrNO5/c1-19-11(16)7-10(13(18)20-2)15-12(17)8-3-5-9(14)6-4-8/h3-6,10H,7H2,1-2H3,(H,15,17). The van der Waals surface area contributed by atoms with E-state index in [0.29, 0.717) is 5.56 Å². The molecule has 1 aromatic carbocycles. The fourth-order valence-corrected chi connectivity index (χ4v) is 1.69. The van der Waals surface area contributed by atoms with E-state index in [4.69, 9.17) is 0 Å². The largest absolute Gasteiger partial charge is 0.469 e. The van der Waals surface area contributed by atoms with Crippen LogP contribution in [0.1, 0.15) is 16.8 Å². The molecule has 0 fully saturated rings. The lowest BCUT2D eigenvalue weighted by Gasteiger charge is -2.15. The monoisotopic (exact) mass is 343 g/mol. The van der Waals surface area contributed by atoms with Gasteiger partial charge in [0.15, 0.2) is 0 Å². The molecule has 1 N–H and O–H groups in total. The fraction of sp³-hybridized carbons (Fsp3) is 0.308. The maximum atomic E-state index is 12.0. The van der Waals surface area contributed by atoms with E-state index in [0.717, 1.165) is 4.47 Å². The lowest BCUT2D eigenvalue weighted by Crippen LogP contribution is -2.43. The first kappa shape index (κ1) is 16.2. The normalized spacial score (nSPS) is 11.3. The number of nitrogens with one attached hydrogen (secondary N) is 1. The van der Waals surface area contributed by atoms with Gasteiger partial charge >= 0.3 is 11.9 Å². The highest BCUT2D eigenvalue weighted by Crippen LogP contribution is 2.11. The van der Waals surface area contributed by atoms with Crippen LogP contribution in [-0.2, 0) is 19.1 Å². The van der Waals surface area contributed by atoms with Crippen LogP contribution in [0, 0.1) is 0 Å². The minimum Gasteiger partial charge on any atom is -0.469 e. The van der Waals surface area contributed by atoms with Crippen LogP contribution in [0.5, 0.6) is 0 Å². The van der Waals surface area contributed by atoms with Crippen molar-refractivity contribution in [2.75, 3.05) is 14.2 Å². The molecule has 0 bridgehead atoms. The van der Waals surface area contributed by atoms with Crippen molar-refractivity contribution >= 4 is 33.8 Å². The average Bonchev–Trinajstić information content (AvgIpc) is 2.46. The van der Waals surface area contributed by atoms with Crippen LogP contribution in [0.2, 0.25) is 0 Å². The van der Waals surface area contributed by atoms with Gasteiger partial charge in [-0.05, 0) is 24.3 Å². The van der Waals surface area contributed by atoms with E-state index in [9.17, 15) is 14.4 Å². The van der Waals surface area contributed by atoms with Crippen molar-refractivity contribution < 1.29 is 23.9 Å². The smallest absolute Gasteiger partial charge is 0.328 e. The van der Waals surface area contributed by atoms with Crippen molar-refractivity contribution in [2.45, 2.75) is 12.5 Å². The first-order valence-corrected chi connectivity index (χ1v) is 6.48. The number of rotatable bonds is 5. The number of methoxy groups -OCH3 is 2. The Morgan fingerprint density at radius 3 is 2.25 bits per heavy atom. The molecule has 0 spiro atoms. The van der Waals surface area contributed by atoms with Crippen LogP contribution in [0.25, 0.3) is 0 Å². The van der Waals surface area contributed by atoms with Crippen molar-refractivity contribution in [3.05, 3.63) is 34.3 Å². The Balaban J connectivity index is 2.78. The molecule has 0 heterocycles. The Labute approximate surface area is 124 Å². The molecule has 0 aliphatic rings. The van der Waals surface area contributed by atoms with Gasteiger partial charge in [0.25, 0.3) is 5.91 Å². The lowest BCUT2D eigenvalue weighted by atomic mass is 10.1. The maximum Gasteiger partial charge on any atom is 0.328 e. The second-order valence-electron chi connectivity index (χ2n) is 3.84. The summed E-state index contributed by atoms with van der Waals surface area (Å²) in [5.41, 5.74) is 0.368. The molecule has 0 saturated heterocycles. The summed E-state index contributed by atoms with van der Waals surface area (Å²) in [5, 5.41) is 2.44. The van der Waals surface area contributed by atoms with Crippen LogP contribution in [0.3, 0.4) is 0 Å². The van der Waals surface area contributed by atoms with Gasteiger partial charge in [0.1, 0.15) is 6.04 Å². The topological polar surface area (TPSA) is 81.7 Å². The Hall–Kier alpha value is -1.89. The number of carbonyl (C=O) groups is 3. The second kappa shape index (κ2) is 7.64. The van der Waals surface area contributed by atoms with E-state index in [1.165, 1.54) is 14.2 Å². The predicted molar refractivity (Wildman–Crippen MR) is 74.0 cm³/mol. The van der Waals surface area contributed by atoms with Gasteiger partial charge in [-0.25, -0.2) is 4.79 Å². The summed E-state index contributed by atoms with van der Waals surface area (Å²) in [7, 11) is 2.38. The van der Waals surface area contributed by atoms with E-state index >= 15 is 0 Å². The number of ether oxygens (including phenoxy) is 2. The maximum absolute atomic E-state index is 12.0.